The van der Waals surface area contributed by atoms with Gasteiger partial charge in [0.15, 0.2) is 0 Å². The van der Waals surface area contributed by atoms with E-state index in [1.807, 2.05) is 6.07 Å². The number of hydrogen-bond donors (Lipinski definition) is 1. The van der Waals surface area contributed by atoms with Crippen molar-refractivity contribution in [2.45, 2.75) is 26.1 Å². The van der Waals surface area contributed by atoms with Gasteiger partial charge in [-0.15, -0.1) is 0 Å². The van der Waals surface area contributed by atoms with Crippen LogP contribution in [0.2, 0.25) is 0 Å². The smallest absolute Gasteiger partial charge is 0.115 e. The summed E-state index contributed by atoms with van der Waals surface area (Å²) in [5, 5.41) is 9.20. The summed E-state index contributed by atoms with van der Waals surface area (Å²) in [7, 11) is 0. The first-order chi connectivity index (χ1) is 5.81. The minimum Gasteiger partial charge on any atom is -0.508 e. The van der Waals surface area contributed by atoms with Gasteiger partial charge in [-0.05, 0) is 29.7 Å². The van der Waals surface area contributed by atoms with E-state index >= 15 is 0 Å². The SMILES string of the molecule is CCC1OCc2cc(O)ccc21. The van der Waals surface area contributed by atoms with Crippen LogP contribution in [0, 0.1) is 0 Å². The summed E-state index contributed by atoms with van der Waals surface area (Å²) in [6.45, 7) is 2.74. The monoisotopic (exact) mass is 164 g/mol. The number of phenolic OH excluding ortho intramolecular Hbond substituents is 1. The first-order valence-corrected chi connectivity index (χ1v) is 4.24. The predicted molar refractivity (Wildman–Crippen MR) is 45.9 cm³/mol. The second-order valence-electron chi connectivity index (χ2n) is 3.09. The third kappa shape index (κ3) is 1.08. The minimum atomic E-state index is 0.237. The maximum absolute atomic E-state index is 9.20. The van der Waals surface area contributed by atoms with E-state index in [1.165, 1.54) is 5.56 Å². The highest BCUT2D eigenvalue weighted by Gasteiger charge is 2.21. The summed E-state index contributed by atoms with van der Waals surface area (Å²) in [5.41, 5.74) is 2.36. The molecule has 12 heavy (non-hydrogen) atoms. The van der Waals surface area contributed by atoms with Crippen molar-refractivity contribution in [1.29, 1.82) is 0 Å². The molecule has 0 radical (unpaired) electrons. The van der Waals surface area contributed by atoms with E-state index in [9.17, 15) is 5.11 Å². The Morgan fingerprint density at radius 1 is 1.58 bits per heavy atom. The zero-order chi connectivity index (χ0) is 8.55. The van der Waals surface area contributed by atoms with E-state index in [-0.39, 0.29) is 6.10 Å². The van der Waals surface area contributed by atoms with Crippen LogP contribution in [0.4, 0.5) is 0 Å². The van der Waals surface area contributed by atoms with Gasteiger partial charge in [-0.25, -0.2) is 0 Å². The first-order valence-electron chi connectivity index (χ1n) is 4.24. The second-order valence-corrected chi connectivity index (χ2v) is 3.09. The molecule has 2 heteroatoms. The van der Waals surface area contributed by atoms with Crippen LogP contribution in [0.3, 0.4) is 0 Å². The first kappa shape index (κ1) is 7.62. The summed E-state index contributed by atoms with van der Waals surface area (Å²) in [4.78, 5) is 0. The molecule has 1 N–H and O–H groups in total. The Morgan fingerprint density at radius 3 is 3.17 bits per heavy atom. The van der Waals surface area contributed by atoms with Crippen LogP contribution >= 0.6 is 0 Å². The molecule has 64 valence electrons. The lowest BCUT2D eigenvalue weighted by Gasteiger charge is -2.06. The number of phenols is 1. The Morgan fingerprint density at radius 2 is 2.42 bits per heavy atom. The molecule has 1 atom stereocenters. The molecule has 1 aliphatic heterocycles. The summed E-state index contributed by atoms with van der Waals surface area (Å²) in [6.07, 6.45) is 1.23. The van der Waals surface area contributed by atoms with Crippen molar-refractivity contribution in [3.8, 4) is 5.75 Å². The van der Waals surface area contributed by atoms with Gasteiger partial charge >= 0.3 is 0 Å². The number of hydrogen-bond acceptors (Lipinski definition) is 2. The van der Waals surface area contributed by atoms with Gasteiger partial charge in [-0.2, -0.15) is 0 Å². The molecule has 0 aromatic heterocycles. The molecule has 0 aliphatic carbocycles. The molecule has 2 rings (SSSR count). The van der Waals surface area contributed by atoms with Crippen LogP contribution in [0.15, 0.2) is 18.2 Å². The molecular weight excluding hydrogens is 152 g/mol. The van der Waals surface area contributed by atoms with Crippen LogP contribution in [-0.2, 0) is 11.3 Å². The average molecular weight is 164 g/mol. The molecule has 1 heterocycles. The van der Waals surface area contributed by atoms with Crippen molar-refractivity contribution in [1.82, 2.24) is 0 Å². The lowest BCUT2D eigenvalue weighted by molar-refractivity contribution is 0.0636. The maximum atomic E-state index is 9.20. The molecule has 0 fully saturated rings. The number of rotatable bonds is 1. The van der Waals surface area contributed by atoms with Crippen LogP contribution in [0.25, 0.3) is 0 Å². The van der Waals surface area contributed by atoms with Crippen LogP contribution in [-0.4, -0.2) is 5.11 Å². The third-order valence-corrected chi connectivity index (χ3v) is 2.28. The van der Waals surface area contributed by atoms with Gasteiger partial charge in [0.1, 0.15) is 5.75 Å². The number of aromatic hydroxyl groups is 1. The second kappa shape index (κ2) is 2.79. The van der Waals surface area contributed by atoms with Crippen LogP contribution < -0.4 is 0 Å². The van der Waals surface area contributed by atoms with Gasteiger partial charge in [0.2, 0.25) is 0 Å². The Kier molecular flexibility index (Phi) is 1.77. The summed E-state index contributed by atoms with van der Waals surface area (Å²) in [6, 6.07) is 5.45. The zero-order valence-corrected chi connectivity index (χ0v) is 7.08. The van der Waals surface area contributed by atoms with Crippen molar-refractivity contribution in [2.24, 2.45) is 0 Å². The fourth-order valence-electron chi connectivity index (χ4n) is 1.65. The Hall–Kier alpha value is -1.02. The van der Waals surface area contributed by atoms with Gasteiger partial charge < -0.3 is 9.84 Å². The molecule has 2 nitrogen and oxygen atoms in total. The molecule has 1 unspecified atom stereocenters. The standard InChI is InChI=1S/C10H12O2/c1-2-10-9-4-3-8(11)5-7(9)6-12-10/h3-5,10-11H,2,6H2,1H3. The Bertz CT molecular complexity index is 294. The fraction of sp³-hybridized carbons (Fsp3) is 0.400. The van der Waals surface area contributed by atoms with Gasteiger partial charge in [0, 0.05) is 0 Å². The lowest BCUT2D eigenvalue weighted by atomic mass is 10.0. The van der Waals surface area contributed by atoms with E-state index in [0.29, 0.717) is 12.4 Å². The largest absolute Gasteiger partial charge is 0.508 e. The lowest BCUT2D eigenvalue weighted by Crippen LogP contribution is -1.91. The summed E-state index contributed by atoms with van der Waals surface area (Å²) >= 11 is 0. The van der Waals surface area contributed by atoms with Crippen molar-refractivity contribution in [3.63, 3.8) is 0 Å². The molecule has 0 saturated carbocycles. The molecule has 0 spiro atoms. The van der Waals surface area contributed by atoms with Gasteiger partial charge in [-0.1, -0.05) is 13.0 Å². The van der Waals surface area contributed by atoms with Gasteiger partial charge in [-0.3, -0.25) is 0 Å². The highest BCUT2D eigenvalue weighted by atomic mass is 16.5. The normalized spacial score (nSPS) is 20.9. The Balaban J connectivity index is 2.40. The zero-order valence-electron chi connectivity index (χ0n) is 7.08. The van der Waals surface area contributed by atoms with E-state index in [2.05, 4.69) is 6.92 Å². The van der Waals surface area contributed by atoms with Crippen LogP contribution in [0.5, 0.6) is 5.75 Å². The highest BCUT2D eigenvalue weighted by molar-refractivity contribution is 5.37. The summed E-state index contributed by atoms with van der Waals surface area (Å²) in [5.74, 6) is 0.328. The molecule has 1 aromatic carbocycles. The number of benzene rings is 1. The Labute approximate surface area is 71.8 Å². The van der Waals surface area contributed by atoms with Crippen LogP contribution in [0.1, 0.15) is 30.6 Å². The van der Waals surface area contributed by atoms with E-state index in [1.54, 1.807) is 12.1 Å². The topological polar surface area (TPSA) is 29.5 Å². The molecule has 1 aliphatic rings. The van der Waals surface area contributed by atoms with Crippen molar-refractivity contribution in [2.75, 3.05) is 0 Å². The van der Waals surface area contributed by atoms with Crippen molar-refractivity contribution in [3.05, 3.63) is 29.3 Å². The van der Waals surface area contributed by atoms with Crippen molar-refractivity contribution < 1.29 is 9.84 Å². The van der Waals surface area contributed by atoms with Gasteiger partial charge in [0.05, 0.1) is 12.7 Å². The molecule has 0 bridgehead atoms. The fourth-order valence-corrected chi connectivity index (χ4v) is 1.65. The van der Waals surface area contributed by atoms with Gasteiger partial charge in [0.25, 0.3) is 0 Å². The summed E-state index contributed by atoms with van der Waals surface area (Å²) < 4.78 is 5.52. The quantitative estimate of drug-likeness (QED) is 0.690. The van der Waals surface area contributed by atoms with Crippen molar-refractivity contribution >= 4 is 0 Å². The third-order valence-electron chi connectivity index (χ3n) is 2.28. The number of fused-ring (bicyclic) bond motifs is 1. The predicted octanol–water partition coefficient (Wildman–Crippen LogP) is 2.37. The minimum absolute atomic E-state index is 0.237. The molecule has 0 saturated heterocycles. The average Bonchev–Trinajstić information content (AvgIpc) is 2.46. The number of ether oxygens (including phenoxy) is 1. The van der Waals surface area contributed by atoms with E-state index < -0.39 is 0 Å². The molecule has 0 amide bonds. The molecule has 1 aromatic rings. The van der Waals surface area contributed by atoms with E-state index in [4.69, 9.17) is 4.74 Å². The molecular formula is C10H12O2. The maximum Gasteiger partial charge on any atom is 0.115 e. The van der Waals surface area contributed by atoms with E-state index in [0.717, 1.165) is 12.0 Å². The highest BCUT2D eigenvalue weighted by Crippen LogP contribution is 2.34.